The topological polar surface area (TPSA) is 95.1 Å². The van der Waals surface area contributed by atoms with E-state index in [1.807, 2.05) is 0 Å². The van der Waals surface area contributed by atoms with E-state index in [2.05, 4.69) is 10.9 Å². The van der Waals surface area contributed by atoms with Crippen LogP contribution in [0.4, 0.5) is 0 Å². The summed E-state index contributed by atoms with van der Waals surface area (Å²) in [5, 5.41) is 0. The standard InChI is InChI=1S/C20H20N2O6/c1-25-15-6-3-13(11-17(15)26-2)4-8-19(23)21-22-20(24)14-5-7-16-18(12-14)28-10-9-27-16/h3-8,11-12H,9-10H2,1-2H3,(H,21,23)(H,22,24)/b8-4+. The molecule has 3 rings (SSSR count). The number of nitrogens with one attached hydrogen (secondary N) is 2. The number of hydrazine groups is 1. The van der Waals surface area contributed by atoms with Crippen molar-refractivity contribution in [3.05, 3.63) is 53.6 Å². The summed E-state index contributed by atoms with van der Waals surface area (Å²) in [5.41, 5.74) is 5.76. The Morgan fingerprint density at radius 2 is 1.68 bits per heavy atom. The van der Waals surface area contributed by atoms with E-state index in [0.29, 0.717) is 41.8 Å². The summed E-state index contributed by atoms with van der Waals surface area (Å²) >= 11 is 0. The second kappa shape index (κ2) is 8.81. The van der Waals surface area contributed by atoms with Gasteiger partial charge in [0, 0.05) is 11.6 Å². The maximum Gasteiger partial charge on any atom is 0.269 e. The zero-order valence-corrected chi connectivity index (χ0v) is 15.5. The Labute approximate surface area is 162 Å². The summed E-state index contributed by atoms with van der Waals surface area (Å²) in [6.45, 7) is 0.900. The second-order valence-electron chi connectivity index (χ2n) is 5.75. The van der Waals surface area contributed by atoms with E-state index >= 15 is 0 Å². The van der Waals surface area contributed by atoms with Crippen LogP contribution < -0.4 is 29.8 Å². The highest BCUT2D eigenvalue weighted by molar-refractivity contribution is 5.98. The van der Waals surface area contributed by atoms with E-state index in [0.717, 1.165) is 5.56 Å². The third-order valence-electron chi connectivity index (χ3n) is 3.94. The molecule has 1 aliphatic rings. The minimum Gasteiger partial charge on any atom is -0.493 e. The van der Waals surface area contributed by atoms with Gasteiger partial charge in [-0.3, -0.25) is 20.4 Å². The summed E-state index contributed by atoms with van der Waals surface area (Å²) in [4.78, 5) is 24.1. The fourth-order valence-electron chi connectivity index (χ4n) is 2.55. The van der Waals surface area contributed by atoms with Crippen LogP contribution in [0.25, 0.3) is 6.08 Å². The second-order valence-corrected chi connectivity index (χ2v) is 5.75. The highest BCUT2D eigenvalue weighted by atomic mass is 16.6. The third kappa shape index (κ3) is 4.53. The third-order valence-corrected chi connectivity index (χ3v) is 3.94. The molecule has 2 aromatic rings. The summed E-state index contributed by atoms with van der Waals surface area (Å²) in [6, 6.07) is 10.1. The Kier molecular flexibility index (Phi) is 6.01. The number of methoxy groups -OCH3 is 2. The molecule has 2 amide bonds. The molecule has 0 fully saturated rings. The van der Waals surface area contributed by atoms with Crippen LogP contribution in [0.1, 0.15) is 15.9 Å². The first-order valence-electron chi connectivity index (χ1n) is 8.51. The van der Waals surface area contributed by atoms with Gasteiger partial charge >= 0.3 is 0 Å². The largest absolute Gasteiger partial charge is 0.493 e. The summed E-state index contributed by atoms with van der Waals surface area (Å²) in [5.74, 6) is 1.28. The molecule has 0 radical (unpaired) electrons. The van der Waals surface area contributed by atoms with Gasteiger partial charge in [0.1, 0.15) is 13.2 Å². The lowest BCUT2D eigenvalue weighted by molar-refractivity contribution is -0.117. The number of hydrogen-bond acceptors (Lipinski definition) is 6. The molecule has 0 atom stereocenters. The van der Waals surface area contributed by atoms with Gasteiger partial charge in [0.2, 0.25) is 0 Å². The number of hydrogen-bond donors (Lipinski definition) is 2. The lowest BCUT2D eigenvalue weighted by atomic mass is 10.2. The molecule has 0 bridgehead atoms. The van der Waals surface area contributed by atoms with Crippen LogP contribution in [-0.4, -0.2) is 39.2 Å². The smallest absolute Gasteiger partial charge is 0.269 e. The van der Waals surface area contributed by atoms with Gasteiger partial charge in [-0.25, -0.2) is 0 Å². The minimum atomic E-state index is -0.485. The van der Waals surface area contributed by atoms with Crippen molar-refractivity contribution in [2.24, 2.45) is 0 Å². The summed E-state index contributed by atoms with van der Waals surface area (Å²) in [6.07, 6.45) is 2.89. The highest BCUT2D eigenvalue weighted by Gasteiger charge is 2.15. The molecule has 1 heterocycles. The fourth-order valence-corrected chi connectivity index (χ4v) is 2.55. The molecule has 146 valence electrons. The van der Waals surface area contributed by atoms with Crippen LogP contribution in [0.5, 0.6) is 23.0 Å². The molecule has 0 aliphatic carbocycles. The van der Waals surface area contributed by atoms with E-state index in [-0.39, 0.29) is 0 Å². The zero-order chi connectivity index (χ0) is 19.9. The molecular formula is C20H20N2O6. The first-order valence-corrected chi connectivity index (χ1v) is 8.51. The van der Waals surface area contributed by atoms with Crippen LogP contribution in [0, 0.1) is 0 Å². The van der Waals surface area contributed by atoms with E-state index in [4.69, 9.17) is 18.9 Å². The number of amides is 2. The minimum absolute atomic E-state index is 0.341. The van der Waals surface area contributed by atoms with Crippen molar-refractivity contribution in [3.8, 4) is 23.0 Å². The Balaban J connectivity index is 1.56. The molecule has 0 saturated heterocycles. The Morgan fingerprint density at radius 1 is 0.929 bits per heavy atom. The van der Waals surface area contributed by atoms with E-state index in [1.54, 1.807) is 49.6 Å². The summed E-state index contributed by atoms with van der Waals surface area (Å²) in [7, 11) is 3.08. The first kappa shape index (κ1) is 19.1. The van der Waals surface area contributed by atoms with Crippen LogP contribution in [0.3, 0.4) is 0 Å². The van der Waals surface area contributed by atoms with Gasteiger partial charge in [-0.15, -0.1) is 0 Å². The van der Waals surface area contributed by atoms with Crippen LogP contribution >= 0.6 is 0 Å². The first-order chi connectivity index (χ1) is 13.6. The van der Waals surface area contributed by atoms with Crippen LogP contribution in [-0.2, 0) is 4.79 Å². The van der Waals surface area contributed by atoms with E-state index in [1.165, 1.54) is 13.2 Å². The van der Waals surface area contributed by atoms with Gasteiger partial charge < -0.3 is 18.9 Å². The van der Waals surface area contributed by atoms with Gasteiger partial charge in [0.25, 0.3) is 11.8 Å². The normalized spacial score (nSPS) is 12.4. The van der Waals surface area contributed by atoms with Crippen molar-refractivity contribution in [3.63, 3.8) is 0 Å². The van der Waals surface area contributed by atoms with Crippen molar-refractivity contribution in [2.75, 3.05) is 27.4 Å². The van der Waals surface area contributed by atoms with Crippen molar-refractivity contribution >= 4 is 17.9 Å². The maximum absolute atomic E-state index is 12.2. The molecule has 8 heteroatoms. The van der Waals surface area contributed by atoms with E-state index < -0.39 is 11.8 Å². The van der Waals surface area contributed by atoms with Crippen molar-refractivity contribution in [2.45, 2.75) is 0 Å². The average Bonchev–Trinajstić information content (AvgIpc) is 2.75. The molecule has 8 nitrogen and oxygen atoms in total. The fraction of sp³-hybridized carbons (Fsp3) is 0.200. The Bertz CT molecular complexity index is 910. The number of carbonyl (C=O) groups excluding carboxylic acids is 2. The highest BCUT2D eigenvalue weighted by Crippen LogP contribution is 2.30. The maximum atomic E-state index is 12.2. The number of benzene rings is 2. The summed E-state index contributed by atoms with van der Waals surface area (Å²) < 4.78 is 21.2. The molecule has 0 spiro atoms. The SMILES string of the molecule is COc1ccc(/C=C/C(=O)NNC(=O)c2ccc3c(c2)OCCO3)cc1OC. The molecule has 2 N–H and O–H groups in total. The molecule has 0 saturated carbocycles. The van der Waals surface area contributed by atoms with Gasteiger partial charge in [0.15, 0.2) is 23.0 Å². The van der Waals surface area contributed by atoms with Gasteiger partial charge in [-0.05, 0) is 42.0 Å². The predicted octanol–water partition coefficient (Wildman–Crippen LogP) is 1.95. The monoisotopic (exact) mass is 384 g/mol. The lowest BCUT2D eigenvalue weighted by Crippen LogP contribution is -2.40. The lowest BCUT2D eigenvalue weighted by Gasteiger charge is -2.18. The predicted molar refractivity (Wildman–Crippen MR) is 102 cm³/mol. The molecule has 0 aromatic heterocycles. The van der Waals surface area contributed by atoms with Gasteiger partial charge in [-0.1, -0.05) is 6.07 Å². The molecular weight excluding hydrogens is 364 g/mol. The number of carbonyl (C=O) groups is 2. The quantitative estimate of drug-likeness (QED) is 0.604. The van der Waals surface area contributed by atoms with Crippen molar-refractivity contribution in [1.82, 2.24) is 10.9 Å². The van der Waals surface area contributed by atoms with Crippen molar-refractivity contribution in [1.29, 1.82) is 0 Å². The number of fused-ring (bicyclic) bond motifs is 1. The van der Waals surface area contributed by atoms with Crippen molar-refractivity contribution < 1.29 is 28.5 Å². The zero-order valence-electron chi connectivity index (χ0n) is 15.5. The number of ether oxygens (including phenoxy) is 4. The van der Waals surface area contributed by atoms with Gasteiger partial charge in [0.05, 0.1) is 14.2 Å². The van der Waals surface area contributed by atoms with Gasteiger partial charge in [-0.2, -0.15) is 0 Å². The van der Waals surface area contributed by atoms with E-state index in [9.17, 15) is 9.59 Å². The average molecular weight is 384 g/mol. The Morgan fingerprint density at radius 3 is 2.43 bits per heavy atom. The number of rotatable bonds is 5. The van der Waals surface area contributed by atoms with Crippen LogP contribution in [0.2, 0.25) is 0 Å². The molecule has 28 heavy (non-hydrogen) atoms. The molecule has 1 aliphatic heterocycles. The molecule has 0 unspecified atom stereocenters. The van der Waals surface area contributed by atoms with Crippen LogP contribution in [0.15, 0.2) is 42.5 Å². The molecule has 2 aromatic carbocycles. The Hall–Kier alpha value is -3.68.